The largest absolute Gasteiger partial charge is 0.455 e. The van der Waals surface area contributed by atoms with Crippen LogP contribution in [0.25, 0.3) is 0 Å². The second-order valence-electron chi connectivity index (χ2n) is 5.46. The van der Waals surface area contributed by atoms with Gasteiger partial charge in [0.25, 0.3) is 0 Å². The van der Waals surface area contributed by atoms with Crippen LogP contribution in [0.3, 0.4) is 0 Å². The summed E-state index contributed by atoms with van der Waals surface area (Å²) in [6.07, 6.45) is 4.32. The standard InChI is InChI=1S/C17H21ClN2O/c1-11(2)15-8-17(12(3)6-16(15)18)21-14-7-13(4-5-19)9-20-10-14/h6-11H,4-5,19H2,1-3H3. The number of nitrogens with two attached hydrogens (primary N) is 1. The van der Waals surface area contributed by atoms with Gasteiger partial charge < -0.3 is 10.5 Å². The van der Waals surface area contributed by atoms with Crippen molar-refractivity contribution in [3.8, 4) is 11.5 Å². The summed E-state index contributed by atoms with van der Waals surface area (Å²) in [5, 5.41) is 0.782. The molecule has 3 nitrogen and oxygen atoms in total. The number of aryl methyl sites for hydroxylation is 1. The van der Waals surface area contributed by atoms with E-state index in [1.807, 2.05) is 31.3 Å². The van der Waals surface area contributed by atoms with E-state index in [1.165, 1.54) is 0 Å². The fourth-order valence-corrected chi connectivity index (χ4v) is 2.61. The number of ether oxygens (including phenoxy) is 1. The maximum Gasteiger partial charge on any atom is 0.145 e. The zero-order valence-corrected chi connectivity index (χ0v) is 13.4. The van der Waals surface area contributed by atoms with Crippen LogP contribution in [-0.4, -0.2) is 11.5 Å². The van der Waals surface area contributed by atoms with Crippen LogP contribution >= 0.6 is 11.6 Å². The Hall–Kier alpha value is -1.58. The Morgan fingerprint density at radius 2 is 2.00 bits per heavy atom. The lowest BCUT2D eigenvalue weighted by atomic mass is 10.0. The molecule has 21 heavy (non-hydrogen) atoms. The van der Waals surface area contributed by atoms with Gasteiger partial charge in [-0.05, 0) is 60.7 Å². The van der Waals surface area contributed by atoms with Gasteiger partial charge in [0.1, 0.15) is 11.5 Å². The molecule has 4 heteroatoms. The molecule has 0 aliphatic heterocycles. The van der Waals surface area contributed by atoms with Gasteiger partial charge in [-0.3, -0.25) is 4.98 Å². The molecule has 0 unspecified atom stereocenters. The molecule has 2 rings (SSSR count). The zero-order valence-electron chi connectivity index (χ0n) is 12.7. The lowest BCUT2D eigenvalue weighted by Crippen LogP contribution is -2.03. The average molecular weight is 305 g/mol. The van der Waals surface area contributed by atoms with Gasteiger partial charge in [-0.15, -0.1) is 0 Å². The van der Waals surface area contributed by atoms with Crippen molar-refractivity contribution in [2.45, 2.75) is 33.1 Å². The molecule has 2 aromatic rings. The Morgan fingerprint density at radius 1 is 1.24 bits per heavy atom. The van der Waals surface area contributed by atoms with Crippen LogP contribution in [0.15, 0.2) is 30.6 Å². The Morgan fingerprint density at radius 3 is 2.67 bits per heavy atom. The normalized spacial score (nSPS) is 11.0. The summed E-state index contributed by atoms with van der Waals surface area (Å²) in [5.41, 5.74) is 8.74. The third-order valence-electron chi connectivity index (χ3n) is 3.35. The third kappa shape index (κ3) is 3.96. The molecular weight excluding hydrogens is 284 g/mol. The van der Waals surface area contributed by atoms with E-state index >= 15 is 0 Å². The second-order valence-corrected chi connectivity index (χ2v) is 5.87. The Labute approximate surface area is 131 Å². The highest BCUT2D eigenvalue weighted by Gasteiger charge is 2.11. The number of hydrogen-bond donors (Lipinski definition) is 1. The van der Waals surface area contributed by atoms with Crippen molar-refractivity contribution in [3.63, 3.8) is 0 Å². The molecule has 1 aromatic carbocycles. The Bertz CT molecular complexity index is 626. The van der Waals surface area contributed by atoms with E-state index < -0.39 is 0 Å². The molecule has 0 aliphatic rings. The first kappa shape index (κ1) is 15.8. The van der Waals surface area contributed by atoms with Gasteiger partial charge in [-0.1, -0.05) is 25.4 Å². The molecule has 0 spiro atoms. The minimum absolute atomic E-state index is 0.349. The van der Waals surface area contributed by atoms with Crippen molar-refractivity contribution >= 4 is 11.6 Å². The minimum Gasteiger partial charge on any atom is -0.455 e. The van der Waals surface area contributed by atoms with Crippen LogP contribution in [0.5, 0.6) is 11.5 Å². The van der Waals surface area contributed by atoms with Gasteiger partial charge in [0, 0.05) is 11.2 Å². The predicted molar refractivity (Wildman–Crippen MR) is 87.3 cm³/mol. The summed E-state index contributed by atoms with van der Waals surface area (Å²) in [6.45, 7) is 6.82. The number of aromatic nitrogens is 1. The second kappa shape index (κ2) is 6.92. The number of hydrogen-bond acceptors (Lipinski definition) is 3. The lowest BCUT2D eigenvalue weighted by molar-refractivity contribution is 0.474. The third-order valence-corrected chi connectivity index (χ3v) is 3.67. The molecule has 0 saturated carbocycles. The van der Waals surface area contributed by atoms with E-state index in [-0.39, 0.29) is 0 Å². The highest BCUT2D eigenvalue weighted by Crippen LogP contribution is 2.33. The van der Waals surface area contributed by atoms with Crippen LogP contribution in [0.4, 0.5) is 0 Å². The van der Waals surface area contributed by atoms with Gasteiger partial charge in [0.2, 0.25) is 0 Å². The van der Waals surface area contributed by atoms with E-state index in [0.29, 0.717) is 12.5 Å². The van der Waals surface area contributed by atoms with Gasteiger partial charge >= 0.3 is 0 Å². The number of benzene rings is 1. The van der Waals surface area contributed by atoms with Crippen molar-refractivity contribution in [3.05, 3.63) is 52.3 Å². The van der Waals surface area contributed by atoms with E-state index in [9.17, 15) is 0 Å². The van der Waals surface area contributed by atoms with Crippen LogP contribution in [-0.2, 0) is 6.42 Å². The number of pyridine rings is 1. The molecule has 0 saturated heterocycles. The number of rotatable bonds is 5. The molecule has 1 aromatic heterocycles. The van der Waals surface area contributed by atoms with E-state index in [1.54, 1.807) is 6.20 Å². The molecular formula is C17H21ClN2O. The number of nitrogens with zero attached hydrogens (tertiary/aromatic N) is 1. The van der Waals surface area contributed by atoms with Gasteiger partial charge in [-0.2, -0.15) is 0 Å². The van der Waals surface area contributed by atoms with Crippen LogP contribution in [0.1, 0.15) is 36.5 Å². The van der Waals surface area contributed by atoms with Crippen molar-refractivity contribution in [1.29, 1.82) is 0 Å². The molecule has 0 aliphatic carbocycles. The van der Waals surface area contributed by atoms with Crippen molar-refractivity contribution < 1.29 is 4.74 Å². The van der Waals surface area contributed by atoms with Crippen molar-refractivity contribution in [1.82, 2.24) is 4.98 Å². The summed E-state index contributed by atoms with van der Waals surface area (Å²) in [5.74, 6) is 1.89. The van der Waals surface area contributed by atoms with E-state index in [2.05, 4.69) is 18.8 Å². The Kier molecular flexibility index (Phi) is 5.21. The quantitative estimate of drug-likeness (QED) is 0.887. The first-order valence-corrected chi connectivity index (χ1v) is 7.51. The lowest BCUT2D eigenvalue weighted by Gasteiger charge is -2.14. The Balaban J connectivity index is 2.30. The molecule has 0 amide bonds. The predicted octanol–water partition coefficient (Wildman–Crippen LogP) is 4.46. The molecule has 2 N–H and O–H groups in total. The number of halogens is 1. The SMILES string of the molecule is Cc1cc(Cl)c(C(C)C)cc1Oc1cncc(CCN)c1. The van der Waals surface area contributed by atoms with Crippen LogP contribution in [0, 0.1) is 6.92 Å². The summed E-state index contributed by atoms with van der Waals surface area (Å²) >= 11 is 6.28. The smallest absolute Gasteiger partial charge is 0.145 e. The summed E-state index contributed by atoms with van der Waals surface area (Å²) in [6, 6.07) is 5.93. The van der Waals surface area contributed by atoms with Gasteiger partial charge in [0.15, 0.2) is 0 Å². The molecule has 0 fully saturated rings. The summed E-state index contributed by atoms with van der Waals surface area (Å²) in [4.78, 5) is 4.20. The van der Waals surface area contributed by atoms with Crippen LogP contribution < -0.4 is 10.5 Å². The summed E-state index contributed by atoms with van der Waals surface area (Å²) < 4.78 is 5.98. The van der Waals surface area contributed by atoms with Crippen molar-refractivity contribution in [2.24, 2.45) is 5.73 Å². The fourth-order valence-electron chi connectivity index (χ4n) is 2.17. The average Bonchev–Trinajstić information content (AvgIpc) is 2.42. The first-order valence-electron chi connectivity index (χ1n) is 7.13. The van der Waals surface area contributed by atoms with Crippen molar-refractivity contribution in [2.75, 3.05) is 6.54 Å². The maximum atomic E-state index is 6.28. The van der Waals surface area contributed by atoms with E-state index in [4.69, 9.17) is 22.1 Å². The molecule has 1 heterocycles. The maximum absolute atomic E-state index is 6.28. The molecule has 112 valence electrons. The monoisotopic (exact) mass is 304 g/mol. The zero-order chi connectivity index (χ0) is 15.4. The fraction of sp³-hybridized carbons (Fsp3) is 0.353. The molecule has 0 bridgehead atoms. The molecule has 0 atom stereocenters. The molecule has 0 radical (unpaired) electrons. The highest BCUT2D eigenvalue weighted by molar-refractivity contribution is 6.31. The van der Waals surface area contributed by atoms with Gasteiger partial charge in [-0.25, -0.2) is 0 Å². The van der Waals surface area contributed by atoms with E-state index in [0.717, 1.165) is 39.6 Å². The van der Waals surface area contributed by atoms with Gasteiger partial charge in [0.05, 0.1) is 6.20 Å². The first-order chi connectivity index (χ1) is 10.0. The minimum atomic E-state index is 0.349. The topological polar surface area (TPSA) is 48.1 Å². The van der Waals surface area contributed by atoms with Crippen LogP contribution in [0.2, 0.25) is 5.02 Å². The summed E-state index contributed by atoms with van der Waals surface area (Å²) in [7, 11) is 0. The highest BCUT2D eigenvalue weighted by atomic mass is 35.5.